The van der Waals surface area contributed by atoms with E-state index in [1.54, 1.807) is 18.4 Å². The molecule has 0 saturated carbocycles. The second-order valence-electron chi connectivity index (χ2n) is 10.7. The van der Waals surface area contributed by atoms with Crippen LogP contribution in [-0.2, 0) is 9.53 Å². The van der Waals surface area contributed by atoms with Gasteiger partial charge in [0, 0.05) is 0 Å². The van der Waals surface area contributed by atoms with Crippen LogP contribution >= 0.6 is 11.3 Å². The summed E-state index contributed by atoms with van der Waals surface area (Å²) < 4.78 is 19.4. The summed E-state index contributed by atoms with van der Waals surface area (Å²) in [6.45, 7) is 11.0. The highest BCUT2D eigenvalue weighted by Gasteiger charge is 2.33. The van der Waals surface area contributed by atoms with Gasteiger partial charge >= 0.3 is 5.97 Å². The minimum Gasteiger partial charge on any atom is -0.490 e. The Morgan fingerprint density at radius 1 is 1.00 bits per heavy atom. The van der Waals surface area contributed by atoms with Crippen molar-refractivity contribution in [2.45, 2.75) is 46.6 Å². The average Bonchev–Trinajstić information content (AvgIpc) is 3.29. The first kappa shape index (κ1) is 30.0. The number of hydrogen-bond acceptors (Lipinski definition) is 7. The van der Waals surface area contributed by atoms with E-state index in [0.29, 0.717) is 45.5 Å². The van der Waals surface area contributed by atoms with Crippen molar-refractivity contribution in [1.29, 1.82) is 0 Å². The van der Waals surface area contributed by atoms with Crippen LogP contribution in [0, 0.1) is 6.92 Å². The molecule has 0 fully saturated rings. The lowest BCUT2D eigenvalue weighted by molar-refractivity contribution is -0.139. The van der Waals surface area contributed by atoms with Crippen molar-refractivity contribution in [2.24, 2.45) is 4.99 Å². The molecule has 0 bridgehead atoms. The van der Waals surface area contributed by atoms with Crippen LogP contribution in [0.15, 0.2) is 93.9 Å². The number of thiazole rings is 1. The van der Waals surface area contributed by atoms with E-state index in [4.69, 9.17) is 14.2 Å². The van der Waals surface area contributed by atoms with Gasteiger partial charge in [-0.2, -0.15) is 0 Å². The number of fused-ring (bicyclic) bond motifs is 1. The van der Waals surface area contributed by atoms with Crippen molar-refractivity contribution < 1.29 is 19.0 Å². The third kappa shape index (κ3) is 6.65. The van der Waals surface area contributed by atoms with Crippen molar-refractivity contribution in [2.75, 3.05) is 19.8 Å². The van der Waals surface area contributed by atoms with Crippen molar-refractivity contribution in [3.63, 3.8) is 0 Å². The molecule has 1 aliphatic heterocycles. The topological polar surface area (TPSA) is 79.1 Å². The van der Waals surface area contributed by atoms with Gasteiger partial charge in [0.05, 0.1) is 28.5 Å². The summed E-state index contributed by atoms with van der Waals surface area (Å²) >= 11 is 1.30. The molecule has 0 aliphatic carbocycles. The summed E-state index contributed by atoms with van der Waals surface area (Å²) in [5.41, 5.74) is 4.74. The predicted molar refractivity (Wildman–Crippen MR) is 170 cm³/mol. The van der Waals surface area contributed by atoms with E-state index in [1.807, 2.05) is 60.7 Å². The van der Waals surface area contributed by atoms with Crippen molar-refractivity contribution >= 4 is 23.4 Å². The summed E-state index contributed by atoms with van der Waals surface area (Å²) in [6.07, 6.45) is 1.84. The Labute approximate surface area is 255 Å². The Hall–Kier alpha value is -4.43. The number of nitrogens with zero attached hydrogens (tertiary/aromatic N) is 2. The molecule has 2 heterocycles. The highest BCUT2D eigenvalue weighted by atomic mass is 32.1. The Bertz CT molecular complexity index is 1820. The molecule has 4 aromatic rings. The normalized spacial score (nSPS) is 14.8. The Balaban J connectivity index is 1.34. The zero-order chi connectivity index (χ0) is 30.5. The number of aromatic nitrogens is 1. The van der Waals surface area contributed by atoms with E-state index >= 15 is 0 Å². The number of carbonyl (C=O) groups is 1. The van der Waals surface area contributed by atoms with Gasteiger partial charge in [-0.05, 0) is 73.2 Å². The lowest BCUT2D eigenvalue weighted by Crippen LogP contribution is -2.39. The number of hydrogen-bond donors (Lipinski definition) is 0. The highest BCUT2D eigenvalue weighted by Crippen LogP contribution is 2.31. The molecule has 0 radical (unpaired) electrons. The zero-order valence-electron chi connectivity index (χ0n) is 25.1. The second-order valence-corrected chi connectivity index (χ2v) is 11.7. The number of carbonyl (C=O) groups excluding carboxylic acids is 1. The number of rotatable bonds is 10. The van der Waals surface area contributed by atoms with Gasteiger partial charge < -0.3 is 14.2 Å². The van der Waals surface area contributed by atoms with E-state index in [-0.39, 0.29) is 12.2 Å². The van der Waals surface area contributed by atoms with Gasteiger partial charge in [-0.1, -0.05) is 79.8 Å². The summed E-state index contributed by atoms with van der Waals surface area (Å²) in [5.74, 6) is 1.52. The fraction of sp³-hybridized carbons (Fsp3) is 0.286. The first-order chi connectivity index (χ1) is 20.8. The molecule has 0 saturated heterocycles. The summed E-state index contributed by atoms with van der Waals surface area (Å²) in [4.78, 5) is 31.9. The smallest absolute Gasteiger partial charge is 0.338 e. The monoisotopic (exact) mass is 596 g/mol. The van der Waals surface area contributed by atoms with Crippen LogP contribution in [0.3, 0.4) is 0 Å². The Morgan fingerprint density at radius 2 is 1.72 bits per heavy atom. The van der Waals surface area contributed by atoms with Crippen LogP contribution in [0.2, 0.25) is 0 Å². The molecule has 1 atom stereocenters. The van der Waals surface area contributed by atoms with Gasteiger partial charge in [0.1, 0.15) is 24.7 Å². The van der Waals surface area contributed by atoms with Gasteiger partial charge in [0.25, 0.3) is 5.56 Å². The molecule has 1 unspecified atom stereocenters. The van der Waals surface area contributed by atoms with Gasteiger partial charge in [-0.25, -0.2) is 9.79 Å². The number of benzene rings is 3. The molecule has 7 nitrogen and oxygen atoms in total. The lowest BCUT2D eigenvalue weighted by Gasteiger charge is -2.24. The van der Waals surface area contributed by atoms with E-state index in [0.717, 1.165) is 22.4 Å². The summed E-state index contributed by atoms with van der Waals surface area (Å²) in [6, 6.07) is 22.8. The molecule has 1 aromatic heterocycles. The summed E-state index contributed by atoms with van der Waals surface area (Å²) in [5, 5.41) is 0. The van der Waals surface area contributed by atoms with E-state index in [9.17, 15) is 9.59 Å². The quantitative estimate of drug-likeness (QED) is 0.174. The molecular weight excluding hydrogens is 560 g/mol. The molecule has 0 amide bonds. The molecule has 0 N–H and O–H groups in total. The van der Waals surface area contributed by atoms with Crippen LogP contribution in [0.1, 0.15) is 61.9 Å². The lowest BCUT2D eigenvalue weighted by atomic mass is 9.96. The van der Waals surface area contributed by atoms with Gasteiger partial charge in [0.2, 0.25) is 0 Å². The van der Waals surface area contributed by atoms with Crippen LogP contribution in [0.5, 0.6) is 11.5 Å². The molecule has 222 valence electrons. The molecule has 8 heteroatoms. The van der Waals surface area contributed by atoms with Crippen LogP contribution in [0.25, 0.3) is 6.08 Å². The SMILES string of the molecule is CCOC(=O)C1=C(C)N=c2sc(=Cc3ccc(OCCOc4cc(C)ccc4C(C)C)cc3)c(=O)n2C1c1ccccc1. The first-order valence-corrected chi connectivity index (χ1v) is 15.3. The Kier molecular flexibility index (Phi) is 9.26. The number of ether oxygens (including phenoxy) is 3. The van der Waals surface area contributed by atoms with Crippen LogP contribution in [-0.4, -0.2) is 30.4 Å². The predicted octanol–water partition coefficient (Wildman–Crippen LogP) is 5.69. The number of aryl methyl sites for hydroxylation is 1. The first-order valence-electron chi connectivity index (χ1n) is 14.5. The third-order valence-electron chi connectivity index (χ3n) is 7.21. The van der Waals surface area contributed by atoms with Crippen molar-refractivity contribution in [3.8, 4) is 11.5 Å². The van der Waals surface area contributed by atoms with Crippen molar-refractivity contribution in [1.82, 2.24) is 4.57 Å². The molecule has 3 aromatic carbocycles. The molecule has 1 aliphatic rings. The maximum absolute atomic E-state index is 13.7. The maximum Gasteiger partial charge on any atom is 0.338 e. The van der Waals surface area contributed by atoms with Crippen LogP contribution in [0.4, 0.5) is 0 Å². The zero-order valence-corrected chi connectivity index (χ0v) is 25.9. The summed E-state index contributed by atoms with van der Waals surface area (Å²) in [7, 11) is 0. The number of allylic oxidation sites excluding steroid dienone is 1. The standard InChI is InChI=1S/C35H36N2O5S/c1-6-40-34(39)31-24(5)36-35-37(32(31)26-10-8-7-9-11-26)33(38)30(43-35)21-25-13-15-27(16-14-25)41-18-19-42-29-20-23(4)12-17-28(29)22(2)3/h7-17,20-22,32H,6,18-19H2,1-5H3. The minimum absolute atomic E-state index is 0.207. The maximum atomic E-state index is 13.7. The van der Waals surface area contributed by atoms with Gasteiger partial charge in [-0.3, -0.25) is 9.36 Å². The minimum atomic E-state index is -0.618. The largest absolute Gasteiger partial charge is 0.490 e. The molecule has 0 spiro atoms. The van der Waals surface area contributed by atoms with Gasteiger partial charge in [0.15, 0.2) is 4.80 Å². The van der Waals surface area contributed by atoms with Crippen LogP contribution < -0.4 is 24.4 Å². The fourth-order valence-corrected chi connectivity index (χ4v) is 6.16. The van der Waals surface area contributed by atoms with E-state index in [2.05, 4.69) is 44.0 Å². The fourth-order valence-electron chi connectivity index (χ4n) is 5.11. The second kappa shape index (κ2) is 13.3. The van der Waals surface area contributed by atoms with E-state index in [1.165, 1.54) is 16.9 Å². The third-order valence-corrected chi connectivity index (χ3v) is 8.19. The van der Waals surface area contributed by atoms with Gasteiger partial charge in [-0.15, -0.1) is 0 Å². The molecule has 43 heavy (non-hydrogen) atoms. The molecular formula is C35H36N2O5S. The van der Waals surface area contributed by atoms with Crippen molar-refractivity contribution in [3.05, 3.63) is 126 Å². The Morgan fingerprint density at radius 3 is 2.42 bits per heavy atom. The molecule has 5 rings (SSSR count). The number of esters is 1. The highest BCUT2D eigenvalue weighted by molar-refractivity contribution is 7.07. The van der Waals surface area contributed by atoms with E-state index < -0.39 is 12.0 Å². The average molecular weight is 597 g/mol.